The van der Waals surface area contributed by atoms with Gasteiger partial charge in [-0.3, -0.25) is 24.6 Å². The van der Waals surface area contributed by atoms with Crippen LogP contribution in [0.4, 0.5) is 10.5 Å². The van der Waals surface area contributed by atoms with Crippen LogP contribution >= 0.6 is 11.8 Å². The molecule has 1 aliphatic heterocycles. The summed E-state index contributed by atoms with van der Waals surface area (Å²) in [7, 11) is 3.02. The maximum atomic E-state index is 12.7. The molecule has 144 valence electrons. The molecule has 0 aromatic heterocycles. The number of hydrogen-bond acceptors (Lipinski definition) is 7. The van der Waals surface area contributed by atoms with Gasteiger partial charge in [0, 0.05) is 11.6 Å². The smallest absolute Gasteiger partial charge is 0.293 e. The van der Waals surface area contributed by atoms with E-state index >= 15 is 0 Å². The second-order valence-electron chi connectivity index (χ2n) is 5.77. The normalized spacial score (nSPS) is 15.2. The molecule has 0 unspecified atom stereocenters. The van der Waals surface area contributed by atoms with E-state index in [2.05, 4.69) is 0 Å². The SMILES string of the molecule is COc1ccc(C=C2SC(=O)N(Cc3ccccc3[N+](=O)[O-])C2=O)cc1OC. The predicted octanol–water partition coefficient (Wildman–Crippen LogP) is 3.85. The summed E-state index contributed by atoms with van der Waals surface area (Å²) in [6, 6.07) is 11.1. The number of rotatable bonds is 6. The van der Waals surface area contributed by atoms with Gasteiger partial charge in [-0.2, -0.15) is 0 Å². The Morgan fingerprint density at radius 2 is 1.82 bits per heavy atom. The zero-order valence-electron chi connectivity index (χ0n) is 15.1. The van der Waals surface area contributed by atoms with Gasteiger partial charge in [0.25, 0.3) is 16.8 Å². The number of benzene rings is 2. The van der Waals surface area contributed by atoms with Crippen molar-refractivity contribution >= 4 is 34.7 Å². The van der Waals surface area contributed by atoms with Crippen molar-refractivity contribution in [2.24, 2.45) is 0 Å². The number of para-hydroxylation sites is 1. The molecule has 1 saturated heterocycles. The third-order valence-electron chi connectivity index (χ3n) is 4.10. The third kappa shape index (κ3) is 3.84. The lowest BCUT2D eigenvalue weighted by Gasteiger charge is -2.12. The Kier molecular flexibility index (Phi) is 5.65. The highest BCUT2D eigenvalue weighted by Crippen LogP contribution is 2.36. The van der Waals surface area contributed by atoms with E-state index in [0.29, 0.717) is 22.6 Å². The van der Waals surface area contributed by atoms with Gasteiger partial charge in [0.05, 0.1) is 30.6 Å². The van der Waals surface area contributed by atoms with Crippen molar-refractivity contribution < 1.29 is 24.0 Å². The maximum Gasteiger partial charge on any atom is 0.293 e. The molecular weight excluding hydrogens is 384 g/mol. The van der Waals surface area contributed by atoms with Crippen LogP contribution in [0.1, 0.15) is 11.1 Å². The van der Waals surface area contributed by atoms with E-state index < -0.39 is 16.1 Å². The molecule has 0 radical (unpaired) electrons. The van der Waals surface area contributed by atoms with E-state index in [1.165, 1.54) is 32.4 Å². The number of amides is 2. The molecule has 0 N–H and O–H groups in total. The van der Waals surface area contributed by atoms with Crippen LogP contribution in [0.25, 0.3) is 6.08 Å². The van der Waals surface area contributed by atoms with Gasteiger partial charge in [0.1, 0.15) is 0 Å². The molecule has 2 aromatic rings. The Morgan fingerprint density at radius 1 is 1.11 bits per heavy atom. The summed E-state index contributed by atoms with van der Waals surface area (Å²) in [5.74, 6) is 0.544. The number of nitro groups is 1. The Bertz CT molecular complexity index is 988. The van der Waals surface area contributed by atoms with Gasteiger partial charge < -0.3 is 9.47 Å². The second kappa shape index (κ2) is 8.13. The Balaban J connectivity index is 1.86. The lowest BCUT2D eigenvalue weighted by atomic mass is 10.1. The molecule has 0 saturated carbocycles. The highest BCUT2D eigenvalue weighted by molar-refractivity contribution is 8.18. The molecule has 1 heterocycles. The quantitative estimate of drug-likeness (QED) is 0.412. The van der Waals surface area contributed by atoms with E-state index in [1.807, 2.05) is 0 Å². The lowest BCUT2D eigenvalue weighted by Crippen LogP contribution is -2.27. The summed E-state index contributed by atoms with van der Waals surface area (Å²) in [5.41, 5.74) is 0.821. The molecule has 9 heteroatoms. The molecular formula is C19H16N2O6S. The average Bonchev–Trinajstić information content (AvgIpc) is 2.95. The van der Waals surface area contributed by atoms with Gasteiger partial charge in [-0.15, -0.1) is 0 Å². The fraction of sp³-hybridized carbons (Fsp3) is 0.158. The van der Waals surface area contributed by atoms with Crippen LogP contribution in [0.3, 0.4) is 0 Å². The molecule has 28 heavy (non-hydrogen) atoms. The maximum absolute atomic E-state index is 12.7. The summed E-state index contributed by atoms with van der Waals surface area (Å²) in [5, 5.41) is 10.7. The van der Waals surface area contributed by atoms with Crippen molar-refractivity contribution in [1.82, 2.24) is 4.90 Å². The van der Waals surface area contributed by atoms with Crippen molar-refractivity contribution in [2.75, 3.05) is 14.2 Å². The summed E-state index contributed by atoms with van der Waals surface area (Å²) in [6.07, 6.45) is 1.58. The average molecular weight is 400 g/mol. The van der Waals surface area contributed by atoms with Crippen LogP contribution in [0.5, 0.6) is 11.5 Å². The number of carbonyl (C=O) groups is 2. The molecule has 8 nitrogen and oxygen atoms in total. The minimum Gasteiger partial charge on any atom is -0.493 e. The predicted molar refractivity (Wildman–Crippen MR) is 104 cm³/mol. The third-order valence-corrected chi connectivity index (χ3v) is 5.00. The molecule has 2 aromatic carbocycles. The summed E-state index contributed by atoms with van der Waals surface area (Å²) < 4.78 is 10.4. The zero-order valence-corrected chi connectivity index (χ0v) is 15.9. The van der Waals surface area contributed by atoms with Gasteiger partial charge in [0.2, 0.25) is 0 Å². The fourth-order valence-corrected chi connectivity index (χ4v) is 3.56. The minimum absolute atomic E-state index is 0.134. The monoisotopic (exact) mass is 400 g/mol. The molecule has 3 rings (SSSR count). The zero-order chi connectivity index (χ0) is 20.3. The molecule has 0 atom stereocenters. The van der Waals surface area contributed by atoms with Crippen molar-refractivity contribution in [3.63, 3.8) is 0 Å². The van der Waals surface area contributed by atoms with Crippen LogP contribution < -0.4 is 9.47 Å². The molecule has 2 amide bonds. The highest BCUT2D eigenvalue weighted by atomic mass is 32.2. The number of thioether (sulfide) groups is 1. The van der Waals surface area contributed by atoms with Gasteiger partial charge in [0.15, 0.2) is 11.5 Å². The number of hydrogen-bond donors (Lipinski definition) is 0. The second-order valence-corrected chi connectivity index (χ2v) is 6.76. The van der Waals surface area contributed by atoms with Crippen LogP contribution in [-0.2, 0) is 11.3 Å². The number of ether oxygens (including phenoxy) is 2. The van der Waals surface area contributed by atoms with Crippen molar-refractivity contribution in [3.05, 3.63) is 68.6 Å². The Morgan fingerprint density at radius 3 is 2.50 bits per heavy atom. The van der Waals surface area contributed by atoms with Crippen LogP contribution in [0.15, 0.2) is 47.4 Å². The Labute approximate surface area is 164 Å². The van der Waals surface area contributed by atoms with E-state index in [0.717, 1.165) is 16.7 Å². The van der Waals surface area contributed by atoms with Gasteiger partial charge >= 0.3 is 0 Å². The number of carbonyl (C=O) groups excluding carboxylic acids is 2. The number of methoxy groups -OCH3 is 2. The van der Waals surface area contributed by atoms with Crippen LogP contribution in [-0.4, -0.2) is 35.2 Å². The highest BCUT2D eigenvalue weighted by Gasteiger charge is 2.36. The van der Waals surface area contributed by atoms with E-state index in [4.69, 9.17) is 9.47 Å². The first-order valence-electron chi connectivity index (χ1n) is 8.14. The lowest BCUT2D eigenvalue weighted by molar-refractivity contribution is -0.385. The largest absolute Gasteiger partial charge is 0.493 e. The van der Waals surface area contributed by atoms with Gasteiger partial charge in [-0.1, -0.05) is 24.3 Å². The minimum atomic E-state index is -0.534. The van der Waals surface area contributed by atoms with Gasteiger partial charge in [-0.05, 0) is 35.5 Å². The first-order valence-corrected chi connectivity index (χ1v) is 8.96. The summed E-state index contributed by atoms with van der Waals surface area (Å²) in [4.78, 5) is 36.8. The number of nitro benzene ring substituents is 1. The fourth-order valence-electron chi connectivity index (χ4n) is 2.72. The molecule has 0 aliphatic carbocycles. The van der Waals surface area contributed by atoms with E-state index in [-0.39, 0.29) is 17.1 Å². The van der Waals surface area contributed by atoms with Crippen molar-refractivity contribution in [1.29, 1.82) is 0 Å². The van der Waals surface area contributed by atoms with E-state index in [1.54, 1.807) is 30.3 Å². The topological polar surface area (TPSA) is 99.0 Å². The van der Waals surface area contributed by atoms with Crippen molar-refractivity contribution in [3.8, 4) is 11.5 Å². The first kappa shape index (κ1) is 19.4. The number of nitrogens with zero attached hydrogens (tertiary/aromatic N) is 2. The Hall–Kier alpha value is -3.33. The van der Waals surface area contributed by atoms with Gasteiger partial charge in [-0.25, -0.2) is 0 Å². The first-order chi connectivity index (χ1) is 13.4. The van der Waals surface area contributed by atoms with Crippen molar-refractivity contribution in [2.45, 2.75) is 6.54 Å². The molecule has 1 aliphatic rings. The molecule has 1 fully saturated rings. The standard InChI is InChI=1S/C19H16N2O6S/c1-26-15-8-7-12(9-16(15)27-2)10-17-18(22)20(19(23)28-17)11-13-5-3-4-6-14(13)21(24)25/h3-10H,11H2,1-2H3. The van der Waals surface area contributed by atoms with Crippen LogP contribution in [0.2, 0.25) is 0 Å². The molecule has 0 spiro atoms. The summed E-state index contributed by atoms with van der Waals surface area (Å²) >= 11 is 0.790. The summed E-state index contributed by atoms with van der Waals surface area (Å²) in [6.45, 7) is -0.162. The number of imide groups is 1. The van der Waals surface area contributed by atoms with Crippen LogP contribution in [0, 0.1) is 10.1 Å². The molecule has 0 bridgehead atoms. The van der Waals surface area contributed by atoms with E-state index in [9.17, 15) is 19.7 Å².